The smallest absolute Gasteiger partial charge is 0.261 e. The third-order valence-electron chi connectivity index (χ3n) is 3.02. The van der Waals surface area contributed by atoms with Crippen LogP contribution in [0.5, 0.6) is 0 Å². The minimum Gasteiger partial charge on any atom is -0.388 e. The fraction of sp³-hybridized carbons (Fsp3) is 0.571. The molecular weight excluding hydrogens is 238 g/mol. The van der Waals surface area contributed by atoms with Crippen molar-refractivity contribution in [1.82, 2.24) is 0 Å². The zero-order valence-corrected chi connectivity index (χ0v) is 11.0. The van der Waals surface area contributed by atoms with Crippen molar-refractivity contribution in [3.8, 4) is 0 Å². The lowest BCUT2D eigenvalue weighted by Gasteiger charge is -2.16. The van der Waals surface area contributed by atoms with E-state index in [1.54, 1.807) is 0 Å². The third kappa shape index (κ3) is 4.35. The minimum absolute atomic E-state index is 0.137. The predicted molar refractivity (Wildman–Crippen MR) is 67.1 cm³/mol. The van der Waals surface area contributed by atoms with Crippen LogP contribution in [0.4, 0.5) is 8.78 Å². The second-order valence-electron chi connectivity index (χ2n) is 4.56. The highest BCUT2D eigenvalue weighted by Gasteiger charge is 2.12. The van der Waals surface area contributed by atoms with Crippen molar-refractivity contribution in [2.24, 2.45) is 0 Å². The second kappa shape index (κ2) is 6.81. The van der Waals surface area contributed by atoms with Gasteiger partial charge >= 0.3 is 0 Å². The maximum Gasteiger partial charge on any atom is 0.261 e. The summed E-state index contributed by atoms with van der Waals surface area (Å²) in [4.78, 5) is 0. The molecule has 0 heterocycles. The molecule has 18 heavy (non-hydrogen) atoms. The van der Waals surface area contributed by atoms with E-state index in [-0.39, 0.29) is 6.61 Å². The van der Waals surface area contributed by atoms with E-state index in [1.165, 1.54) is 5.56 Å². The quantitative estimate of drug-likeness (QED) is 0.793. The number of aryl methyl sites for hydroxylation is 3. The molecule has 0 aliphatic rings. The van der Waals surface area contributed by atoms with Gasteiger partial charge in [0.25, 0.3) is 6.43 Å². The van der Waals surface area contributed by atoms with Crippen LogP contribution in [0, 0.1) is 20.8 Å². The molecule has 1 aromatic rings. The van der Waals surface area contributed by atoms with Crippen molar-refractivity contribution in [3.05, 3.63) is 34.4 Å². The van der Waals surface area contributed by atoms with E-state index in [0.717, 1.165) is 16.7 Å². The Bertz CT molecular complexity index is 392. The van der Waals surface area contributed by atoms with Gasteiger partial charge in [-0.3, -0.25) is 0 Å². The molecule has 0 aliphatic heterocycles. The largest absolute Gasteiger partial charge is 0.388 e. The molecule has 1 aromatic carbocycles. The lowest BCUT2D eigenvalue weighted by Crippen LogP contribution is -2.09. The van der Waals surface area contributed by atoms with Crippen LogP contribution in [-0.4, -0.2) is 24.7 Å². The van der Waals surface area contributed by atoms with Gasteiger partial charge in [-0.15, -0.1) is 0 Å². The van der Waals surface area contributed by atoms with Gasteiger partial charge in [-0.1, -0.05) is 12.1 Å². The number of hydrogen-bond acceptors (Lipinski definition) is 2. The van der Waals surface area contributed by atoms with Crippen molar-refractivity contribution in [2.75, 3.05) is 13.2 Å². The van der Waals surface area contributed by atoms with Crippen molar-refractivity contribution in [1.29, 1.82) is 0 Å². The molecule has 0 fully saturated rings. The van der Waals surface area contributed by atoms with Crippen LogP contribution in [0.15, 0.2) is 12.1 Å². The van der Waals surface area contributed by atoms with E-state index in [4.69, 9.17) is 4.74 Å². The average molecular weight is 258 g/mol. The molecule has 0 radical (unpaired) electrons. The van der Waals surface area contributed by atoms with Crippen LogP contribution in [0.1, 0.15) is 34.8 Å². The number of ether oxygens (including phenoxy) is 1. The van der Waals surface area contributed by atoms with Crippen LogP contribution in [0.3, 0.4) is 0 Å². The highest BCUT2D eigenvalue weighted by atomic mass is 19.3. The lowest BCUT2D eigenvalue weighted by molar-refractivity contribution is 0.00475. The van der Waals surface area contributed by atoms with Crippen molar-refractivity contribution < 1.29 is 18.6 Å². The van der Waals surface area contributed by atoms with Gasteiger partial charge in [0.15, 0.2) is 0 Å². The molecule has 0 saturated heterocycles. The van der Waals surface area contributed by atoms with Crippen molar-refractivity contribution in [3.63, 3.8) is 0 Å². The maximum atomic E-state index is 11.9. The number of benzene rings is 1. The topological polar surface area (TPSA) is 29.5 Å². The lowest BCUT2D eigenvalue weighted by atomic mass is 9.96. The zero-order chi connectivity index (χ0) is 13.7. The molecule has 1 rings (SSSR count). The fourth-order valence-electron chi connectivity index (χ4n) is 1.86. The van der Waals surface area contributed by atoms with E-state index < -0.39 is 19.1 Å². The molecule has 0 aromatic heterocycles. The number of rotatable bonds is 6. The first-order valence-electron chi connectivity index (χ1n) is 6.03. The summed E-state index contributed by atoms with van der Waals surface area (Å²) >= 11 is 0. The molecule has 0 bridgehead atoms. The van der Waals surface area contributed by atoms with Gasteiger partial charge in [0.05, 0.1) is 6.10 Å². The standard InChI is InChI=1S/C14H20F2O2/c1-9-6-11(3)12(7-10(9)2)13(17)4-5-18-8-14(15)16/h6-7,13-14,17H,4-5,8H2,1-3H3. The summed E-state index contributed by atoms with van der Waals surface area (Å²) in [5, 5.41) is 10.0. The van der Waals surface area contributed by atoms with Crippen LogP contribution in [0.25, 0.3) is 0 Å². The SMILES string of the molecule is Cc1cc(C)c(C(O)CCOCC(F)F)cc1C. The Kier molecular flexibility index (Phi) is 5.69. The highest BCUT2D eigenvalue weighted by molar-refractivity contribution is 5.37. The molecule has 1 N–H and O–H groups in total. The van der Waals surface area contributed by atoms with Crippen LogP contribution < -0.4 is 0 Å². The number of aliphatic hydroxyl groups is 1. The Labute approximate surface area is 107 Å². The summed E-state index contributed by atoms with van der Waals surface area (Å²) in [5.74, 6) is 0. The van der Waals surface area contributed by atoms with Gasteiger partial charge in [-0.05, 0) is 43.0 Å². The first kappa shape index (κ1) is 15.1. The average Bonchev–Trinajstić information content (AvgIpc) is 2.28. The van der Waals surface area contributed by atoms with E-state index in [0.29, 0.717) is 6.42 Å². The number of halogens is 2. The highest BCUT2D eigenvalue weighted by Crippen LogP contribution is 2.24. The molecule has 0 amide bonds. The summed E-state index contributed by atoms with van der Waals surface area (Å²) in [6.45, 7) is 5.50. The molecule has 0 aliphatic carbocycles. The van der Waals surface area contributed by atoms with E-state index in [9.17, 15) is 13.9 Å². The zero-order valence-electron chi connectivity index (χ0n) is 11.0. The molecule has 4 heteroatoms. The molecule has 0 saturated carbocycles. The van der Waals surface area contributed by atoms with Gasteiger partial charge in [-0.2, -0.15) is 0 Å². The maximum absolute atomic E-state index is 11.9. The van der Waals surface area contributed by atoms with Crippen molar-refractivity contribution in [2.45, 2.75) is 39.7 Å². The normalized spacial score (nSPS) is 13.1. The van der Waals surface area contributed by atoms with Gasteiger partial charge in [0.2, 0.25) is 0 Å². The van der Waals surface area contributed by atoms with E-state index in [2.05, 4.69) is 0 Å². The first-order valence-corrected chi connectivity index (χ1v) is 6.03. The Morgan fingerprint density at radius 1 is 1.11 bits per heavy atom. The van der Waals surface area contributed by atoms with Gasteiger partial charge in [0, 0.05) is 13.0 Å². The second-order valence-corrected chi connectivity index (χ2v) is 4.56. The molecule has 102 valence electrons. The van der Waals surface area contributed by atoms with Gasteiger partial charge < -0.3 is 9.84 Å². The van der Waals surface area contributed by atoms with Crippen LogP contribution in [-0.2, 0) is 4.74 Å². The van der Waals surface area contributed by atoms with Crippen molar-refractivity contribution >= 4 is 0 Å². The molecule has 1 unspecified atom stereocenters. The first-order chi connectivity index (χ1) is 8.41. The Balaban J connectivity index is 2.56. The molecule has 1 atom stereocenters. The molecular formula is C14H20F2O2. The monoisotopic (exact) mass is 258 g/mol. The number of alkyl halides is 2. The van der Waals surface area contributed by atoms with Gasteiger partial charge in [0.1, 0.15) is 6.61 Å². The van der Waals surface area contributed by atoms with Gasteiger partial charge in [-0.25, -0.2) is 8.78 Å². The minimum atomic E-state index is -2.45. The summed E-state index contributed by atoms with van der Waals surface area (Å²) in [7, 11) is 0. The summed E-state index contributed by atoms with van der Waals surface area (Å²) in [6.07, 6.45) is -2.79. The number of hydrogen-bond donors (Lipinski definition) is 1. The van der Waals surface area contributed by atoms with E-state index in [1.807, 2.05) is 32.9 Å². The third-order valence-corrected chi connectivity index (χ3v) is 3.02. The Morgan fingerprint density at radius 3 is 2.33 bits per heavy atom. The van der Waals surface area contributed by atoms with Crippen LogP contribution in [0.2, 0.25) is 0 Å². The summed E-state index contributed by atoms with van der Waals surface area (Å²) < 4.78 is 28.5. The van der Waals surface area contributed by atoms with E-state index >= 15 is 0 Å². The number of aliphatic hydroxyl groups excluding tert-OH is 1. The summed E-state index contributed by atoms with van der Waals surface area (Å²) in [5.41, 5.74) is 4.15. The van der Waals surface area contributed by atoms with Crippen LogP contribution >= 0.6 is 0 Å². The molecule has 0 spiro atoms. The Morgan fingerprint density at radius 2 is 1.72 bits per heavy atom. The summed E-state index contributed by atoms with van der Waals surface area (Å²) in [6, 6.07) is 3.97. The predicted octanol–water partition coefficient (Wildman–Crippen LogP) is 3.32. The molecule has 2 nitrogen and oxygen atoms in total. The fourth-order valence-corrected chi connectivity index (χ4v) is 1.86. The Hall–Kier alpha value is -1.00.